The fraction of sp³-hybridized carbons (Fsp3) is 0.348. The Hall–Kier alpha value is -2.22. The number of nitrogens with zero attached hydrogens (tertiary/aromatic N) is 3. The van der Waals surface area contributed by atoms with E-state index in [1.165, 1.54) is 11.8 Å². The number of anilines is 1. The van der Waals surface area contributed by atoms with Gasteiger partial charge in [0.25, 0.3) is 0 Å². The standard InChI is InChI=1S/C23H26Cl2N4O2S/c1-14(2)12-29-22(16(4)31-20-11-6-5-8-18(20)25)27-28-23(29)32-13-21(30)26-19-10-7-9-17(24)15(19)3/h5-11,14,16H,12-13H2,1-4H3,(H,26,30). The molecule has 9 heteroatoms. The zero-order chi connectivity index (χ0) is 23.3. The van der Waals surface area contributed by atoms with Crippen LogP contribution in [0.25, 0.3) is 0 Å². The number of nitrogens with one attached hydrogen (secondary N) is 1. The van der Waals surface area contributed by atoms with Gasteiger partial charge in [0.2, 0.25) is 5.91 Å². The van der Waals surface area contributed by atoms with Crippen molar-refractivity contribution in [3.05, 3.63) is 63.9 Å². The summed E-state index contributed by atoms with van der Waals surface area (Å²) in [5, 5.41) is 13.4. The molecule has 0 aliphatic rings. The van der Waals surface area contributed by atoms with Crippen LogP contribution in [0.2, 0.25) is 10.0 Å². The summed E-state index contributed by atoms with van der Waals surface area (Å²) in [6, 6.07) is 12.8. The third kappa shape index (κ3) is 6.18. The molecule has 1 N–H and O–H groups in total. The van der Waals surface area contributed by atoms with Crippen LogP contribution >= 0.6 is 35.0 Å². The van der Waals surface area contributed by atoms with Gasteiger partial charge >= 0.3 is 0 Å². The molecule has 6 nitrogen and oxygen atoms in total. The van der Waals surface area contributed by atoms with E-state index in [0.717, 1.165) is 5.56 Å². The van der Waals surface area contributed by atoms with Crippen molar-refractivity contribution < 1.29 is 9.53 Å². The first-order valence-electron chi connectivity index (χ1n) is 10.3. The summed E-state index contributed by atoms with van der Waals surface area (Å²) in [5.41, 5.74) is 1.54. The maximum atomic E-state index is 12.5. The van der Waals surface area contributed by atoms with Crippen molar-refractivity contribution in [3.63, 3.8) is 0 Å². The van der Waals surface area contributed by atoms with Gasteiger partial charge in [0.05, 0.1) is 10.8 Å². The molecule has 3 aromatic rings. The van der Waals surface area contributed by atoms with E-state index in [4.69, 9.17) is 27.9 Å². The Morgan fingerprint density at radius 3 is 2.53 bits per heavy atom. The van der Waals surface area contributed by atoms with Crippen molar-refractivity contribution in [2.24, 2.45) is 5.92 Å². The molecule has 1 unspecified atom stereocenters. The fourth-order valence-corrected chi connectivity index (χ4v) is 4.20. The summed E-state index contributed by atoms with van der Waals surface area (Å²) in [4.78, 5) is 12.5. The number of hydrogen-bond donors (Lipinski definition) is 1. The second-order valence-corrected chi connectivity index (χ2v) is 9.54. The highest BCUT2D eigenvalue weighted by Crippen LogP contribution is 2.30. The van der Waals surface area contributed by atoms with Gasteiger partial charge in [-0.3, -0.25) is 4.79 Å². The number of ether oxygens (including phenoxy) is 1. The number of benzene rings is 2. The minimum atomic E-state index is -0.363. The molecule has 32 heavy (non-hydrogen) atoms. The van der Waals surface area contributed by atoms with Crippen LogP contribution in [0.4, 0.5) is 5.69 Å². The Labute approximate surface area is 202 Å². The van der Waals surface area contributed by atoms with Crippen molar-refractivity contribution in [1.29, 1.82) is 0 Å². The molecule has 3 rings (SSSR count). The van der Waals surface area contributed by atoms with Crippen molar-refractivity contribution in [3.8, 4) is 5.75 Å². The maximum absolute atomic E-state index is 12.5. The number of thioether (sulfide) groups is 1. The molecule has 1 heterocycles. The van der Waals surface area contributed by atoms with E-state index in [2.05, 4.69) is 29.4 Å². The van der Waals surface area contributed by atoms with Crippen molar-refractivity contribution in [1.82, 2.24) is 14.8 Å². The molecule has 1 atom stereocenters. The van der Waals surface area contributed by atoms with Gasteiger partial charge in [0.15, 0.2) is 17.1 Å². The smallest absolute Gasteiger partial charge is 0.234 e. The molecular formula is C23H26Cl2N4O2S. The monoisotopic (exact) mass is 492 g/mol. The summed E-state index contributed by atoms with van der Waals surface area (Å²) in [6.45, 7) is 8.72. The number of halogens is 2. The van der Waals surface area contributed by atoms with Crippen LogP contribution in [0.15, 0.2) is 47.6 Å². The number of aromatic nitrogens is 3. The lowest BCUT2D eigenvalue weighted by Crippen LogP contribution is -2.17. The number of rotatable bonds is 9. The van der Waals surface area contributed by atoms with Gasteiger partial charge in [-0.1, -0.05) is 67.0 Å². The van der Waals surface area contributed by atoms with Crippen LogP contribution in [0, 0.1) is 12.8 Å². The number of carbonyl (C=O) groups is 1. The van der Waals surface area contributed by atoms with Crippen LogP contribution in [-0.4, -0.2) is 26.4 Å². The third-order valence-electron chi connectivity index (χ3n) is 4.67. The van der Waals surface area contributed by atoms with Gasteiger partial charge < -0.3 is 14.6 Å². The zero-order valence-corrected chi connectivity index (χ0v) is 20.8. The molecule has 0 aliphatic carbocycles. The first kappa shape index (κ1) is 24.4. The highest BCUT2D eigenvalue weighted by Gasteiger charge is 2.21. The van der Waals surface area contributed by atoms with Crippen LogP contribution in [0.3, 0.4) is 0 Å². The molecule has 170 valence electrons. The van der Waals surface area contributed by atoms with Crippen molar-refractivity contribution >= 4 is 46.6 Å². The van der Waals surface area contributed by atoms with Gasteiger partial charge in [0.1, 0.15) is 5.75 Å². The number of amides is 1. The lowest BCUT2D eigenvalue weighted by atomic mass is 10.2. The van der Waals surface area contributed by atoms with Gasteiger partial charge in [0, 0.05) is 17.3 Å². The Morgan fingerprint density at radius 2 is 1.81 bits per heavy atom. The van der Waals surface area contributed by atoms with Crippen LogP contribution in [-0.2, 0) is 11.3 Å². The third-order valence-corrected chi connectivity index (χ3v) is 6.36. The summed E-state index contributed by atoms with van der Waals surface area (Å²) in [6.07, 6.45) is -0.363. The molecule has 0 saturated heterocycles. The average Bonchev–Trinajstić information content (AvgIpc) is 3.13. The molecule has 0 fully saturated rings. The summed E-state index contributed by atoms with van der Waals surface area (Å²) < 4.78 is 8.05. The van der Waals surface area contributed by atoms with E-state index in [-0.39, 0.29) is 17.8 Å². The SMILES string of the molecule is Cc1c(Cl)cccc1NC(=O)CSc1nnc(C(C)Oc2ccccc2Cl)n1CC(C)C. The molecular weight excluding hydrogens is 467 g/mol. The summed E-state index contributed by atoms with van der Waals surface area (Å²) in [5.74, 6) is 1.70. The van der Waals surface area contributed by atoms with E-state index >= 15 is 0 Å². The quantitative estimate of drug-likeness (QED) is 0.349. The van der Waals surface area contributed by atoms with Gasteiger partial charge in [-0.25, -0.2) is 0 Å². The van der Waals surface area contributed by atoms with Gasteiger partial charge in [-0.2, -0.15) is 0 Å². The molecule has 2 aromatic carbocycles. The second-order valence-electron chi connectivity index (χ2n) is 7.78. The van der Waals surface area contributed by atoms with Crippen LogP contribution in [0.1, 0.15) is 38.3 Å². The first-order valence-corrected chi connectivity index (χ1v) is 12.0. The predicted octanol–water partition coefficient (Wildman–Crippen LogP) is 6.42. The van der Waals surface area contributed by atoms with E-state index in [0.29, 0.717) is 44.9 Å². The maximum Gasteiger partial charge on any atom is 0.234 e. The second kappa shape index (κ2) is 11.1. The Kier molecular flexibility index (Phi) is 8.45. The fourth-order valence-electron chi connectivity index (χ4n) is 3.09. The van der Waals surface area contributed by atoms with E-state index in [9.17, 15) is 4.79 Å². The Bertz CT molecular complexity index is 1090. The average molecular weight is 493 g/mol. The molecule has 0 spiro atoms. The Balaban J connectivity index is 1.72. The highest BCUT2D eigenvalue weighted by molar-refractivity contribution is 7.99. The number of carbonyl (C=O) groups excluding carboxylic acids is 1. The zero-order valence-electron chi connectivity index (χ0n) is 18.4. The molecule has 0 aliphatic heterocycles. The topological polar surface area (TPSA) is 69.0 Å². The molecule has 0 radical (unpaired) electrons. The lowest BCUT2D eigenvalue weighted by Gasteiger charge is -2.18. The molecule has 1 aromatic heterocycles. The van der Waals surface area contributed by atoms with E-state index in [1.54, 1.807) is 12.1 Å². The largest absolute Gasteiger partial charge is 0.481 e. The number of para-hydroxylation sites is 1. The van der Waals surface area contributed by atoms with E-state index < -0.39 is 0 Å². The minimum absolute atomic E-state index is 0.138. The lowest BCUT2D eigenvalue weighted by molar-refractivity contribution is -0.113. The number of hydrogen-bond acceptors (Lipinski definition) is 5. The molecule has 1 amide bonds. The summed E-state index contributed by atoms with van der Waals surface area (Å²) in [7, 11) is 0. The van der Waals surface area contributed by atoms with Crippen LogP contribution in [0.5, 0.6) is 5.75 Å². The minimum Gasteiger partial charge on any atom is -0.481 e. The normalized spacial score (nSPS) is 12.1. The predicted molar refractivity (Wildman–Crippen MR) is 131 cm³/mol. The van der Waals surface area contributed by atoms with Crippen molar-refractivity contribution in [2.45, 2.75) is 45.5 Å². The first-order chi connectivity index (χ1) is 15.3. The molecule has 0 bridgehead atoms. The summed E-state index contributed by atoms with van der Waals surface area (Å²) >= 11 is 13.7. The highest BCUT2D eigenvalue weighted by atomic mass is 35.5. The van der Waals surface area contributed by atoms with Crippen molar-refractivity contribution in [2.75, 3.05) is 11.1 Å². The molecule has 0 saturated carbocycles. The van der Waals surface area contributed by atoms with Gasteiger partial charge in [-0.05, 0) is 49.6 Å². The Morgan fingerprint density at radius 1 is 1.09 bits per heavy atom. The van der Waals surface area contributed by atoms with E-state index in [1.807, 2.05) is 48.7 Å². The van der Waals surface area contributed by atoms with Gasteiger partial charge in [-0.15, -0.1) is 10.2 Å². The van der Waals surface area contributed by atoms with Crippen LogP contribution < -0.4 is 10.1 Å².